The van der Waals surface area contributed by atoms with Crippen LogP contribution in [0.3, 0.4) is 0 Å². The van der Waals surface area contributed by atoms with Gasteiger partial charge in [-0.25, -0.2) is 0 Å². The molecule has 0 radical (unpaired) electrons. The summed E-state index contributed by atoms with van der Waals surface area (Å²) in [4.78, 5) is 22.9. The minimum atomic E-state index is -0.427. The average molecular weight is 305 g/mol. The van der Waals surface area contributed by atoms with E-state index in [-0.39, 0.29) is 17.0 Å². The lowest BCUT2D eigenvalue weighted by Gasteiger charge is -2.34. The molecular weight excluding hydrogens is 282 g/mol. The zero-order chi connectivity index (χ0) is 16.2. The van der Waals surface area contributed by atoms with Crippen LogP contribution in [0.5, 0.6) is 0 Å². The molecule has 1 aliphatic rings. The lowest BCUT2D eigenvalue weighted by Crippen LogP contribution is -2.42. The Morgan fingerprint density at radius 1 is 1.41 bits per heavy atom. The highest BCUT2D eigenvalue weighted by molar-refractivity contribution is 5.95. The van der Waals surface area contributed by atoms with E-state index in [1.807, 2.05) is 6.92 Å². The SMILES string of the molecule is CCc1ccc(C(=O)NCC2(C)CCNCC2)cc1[N+](=O)[O-]. The Hall–Kier alpha value is -1.95. The van der Waals surface area contributed by atoms with Crippen LogP contribution in [0.15, 0.2) is 18.2 Å². The molecule has 0 unspecified atom stereocenters. The van der Waals surface area contributed by atoms with Crippen LogP contribution in [0, 0.1) is 15.5 Å². The molecule has 120 valence electrons. The fraction of sp³-hybridized carbons (Fsp3) is 0.562. The Bertz CT molecular complexity index is 566. The minimum absolute atomic E-state index is 0.0169. The number of hydrogen-bond acceptors (Lipinski definition) is 4. The van der Waals surface area contributed by atoms with Crippen LogP contribution in [-0.2, 0) is 6.42 Å². The second-order valence-corrected chi connectivity index (χ2v) is 6.20. The van der Waals surface area contributed by atoms with Gasteiger partial charge in [-0.05, 0) is 43.8 Å². The molecule has 1 aromatic carbocycles. The topological polar surface area (TPSA) is 84.3 Å². The molecule has 2 rings (SSSR count). The molecule has 0 bridgehead atoms. The van der Waals surface area contributed by atoms with Gasteiger partial charge in [0.1, 0.15) is 0 Å². The summed E-state index contributed by atoms with van der Waals surface area (Å²) in [6, 6.07) is 4.70. The van der Waals surface area contributed by atoms with Crippen molar-refractivity contribution < 1.29 is 9.72 Å². The molecule has 1 heterocycles. The fourth-order valence-corrected chi connectivity index (χ4v) is 2.78. The van der Waals surface area contributed by atoms with Gasteiger partial charge in [-0.2, -0.15) is 0 Å². The number of carbonyl (C=O) groups excluding carboxylic acids is 1. The summed E-state index contributed by atoms with van der Waals surface area (Å²) in [6.45, 7) is 6.54. The van der Waals surface area contributed by atoms with Gasteiger partial charge in [0.05, 0.1) is 4.92 Å². The minimum Gasteiger partial charge on any atom is -0.351 e. The van der Waals surface area contributed by atoms with Gasteiger partial charge in [0, 0.05) is 23.7 Å². The highest BCUT2D eigenvalue weighted by Gasteiger charge is 2.27. The Kier molecular flexibility index (Phi) is 5.13. The average Bonchev–Trinajstić information content (AvgIpc) is 2.52. The molecule has 22 heavy (non-hydrogen) atoms. The lowest BCUT2D eigenvalue weighted by molar-refractivity contribution is -0.385. The first-order valence-electron chi connectivity index (χ1n) is 7.71. The molecule has 1 amide bonds. The summed E-state index contributed by atoms with van der Waals surface area (Å²) in [5.74, 6) is -0.245. The van der Waals surface area contributed by atoms with E-state index in [9.17, 15) is 14.9 Å². The highest BCUT2D eigenvalue weighted by atomic mass is 16.6. The van der Waals surface area contributed by atoms with Crippen molar-refractivity contribution >= 4 is 11.6 Å². The Morgan fingerprint density at radius 2 is 2.09 bits per heavy atom. The summed E-state index contributed by atoms with van der Waals surface area (Å²) >= 11 is 0. The predicted octanol–water partition coefficient (Wildman–Crippen LogP) is 2.28. The quantitative estimate of drug-likeness (QED) is 0.645. The van der Waals surface area contributed by atoms with Crippen LogP contribution < -0.4 is 10.6 Å². The monoisotopic (exact) mass is 305 g/mol. The second-order valence-electron chi connectivity index (χ2n) is 6.20. The smallest absolute Gasteiger partial charge is 0.273 e. The Labute approximate surface area is 130 Å². The third-order valence-corrected chi connectivity index (χ3v) is 4.41. The standard InChI is InChI=1S/C16H23N3O3/c1-3-12-4-5-13(10-14(12)19(21)22)15(20)18-11-16(2)6-8-17-9-7-16/h4-5,10,17H,3,6-9,11H2,1-2H3,(H,18,20). The number of benzene rings is 1. The molecule has 0 saturated carbocycles. The number of aryl methyl sites for hydroxylation is 1. The van der Waals surface area contributed by atoms with Gasteiger partial charge in [0.2, 0.25) is 0 Å². The molecule has 0 spiro atoms. The van der Waals surface area contributed by atoms with Gasteiger partial charge in [0.15, 0.2) is 0 Å². The summed E-state index contributed by atoms with van der Waals surface area (Å²) in [6.07, 6.45) is 2.60. The van der Waals surface area contributed by atoms with Crippen LogP contribution in [0.4, 0.5) is 5.69 Å². The maximum atomic E-state index is 12.3. The van der Waals surface area contributed by atoms with E-state index in [0.29, 0.717) is 24.1 Å². The molecule has 1 saturated heterocycles. The zero-order valence-corrected chi connectivity index (χ0v) is 13.1. The van der Waals surface area contributed by atoms with Crippen molar-refractivity contribution in [1.29, 1.82) is 0 Å². The van der Waals surface area contributed by atoms with E-state index in [4.69, 9.17) is 0 Å². The van der Waals surface area contributed by atoms with Gasteiger partial charge in [-0.15, -0.1) is 0 Å². The second kappa shape index (κ2) is 6.87. The molecule has 6 heteroatoms. The number of nitro groups is 1. The van der Waals surface area contributed by atoms with Crippen molar-refractivity contribution in [3.05, 3.63) is 39.4 Å². The summed E-state index contributed by atoms with van der Waals surface area (Å²) in [7, 11) is 0. The van der Waals surface area contributed by atoms with Gasteiger partial charge in [-0.3, -0.25) is 14.9 Å². The van der Waals surface area contributed by atoms with Crippen molar-refractivity contribution in [2.24, 2.45) is 5.41 Å². The van der Waals surface area contributed by atoms with Gasteiger partial charge in [-0.1, -0.05) is 19.9 Å². The Balaban J connectivity index is 2.06. The number of nitrogens with one attached hydrogen (secondary N) is 2. The van der Waals surface area contributed by atoms with E-state index in [1.54, 1.807) is 12.1 Å². The van der Waals surface area contributed by atoms with E-state index in [1.165, 1.54) is 6.07 Å². The number of amides is 1. The first kappa shape index (κ1) is 16.4. The molecule has 1 fully saturated rings. The molecular formula is C16H23N3O3. The molecule has 0 atom stereocenters. The number of hydrogen-bond donors (Lipinski definition) is 2. The third-order valence-electron chi connectivity index (χ3n) is 4.41. The van der Waals surface area contributed by atoms with Crippen LogP contribution in [-0.4, -0.2) is 30.5 Å². The van der Waals surface area contributed by atoms with E-state index in [2.05, 4.69) is 17.6 Å². The number of nitrogens with zero attached hydrogens (tertiary/aromatic N) is 1. The fourth-order valence-electron chi connectivity index (χ4n) is 2.78. The van der Waals surface area contributed by atoms with E-state index in [0.717, 1.165) is 25.9 Å². The predicted molar refractivity (Wildman–Crippen MR) is 85.0 cm³/mol. The van der Waals surface area contributed by atoms with Crippen molar-refractivity contribution in [3.8, 4) is 0 Å². The molecule has 2 N–H and O–H groups in total. The number of piperidine rings is 1. The van der Waals surface area contributed by atoms with Crippen LogP contribution in [0.2, 0.25) is 0 Å². The van der Waals surface area contributed by atoms with Gasteiger partial charge >= 0.3 is 0 Å². The molecule has 6 nitrogen and oxygen atoms in total. The lowest BCUT2D eigenvalue weighted by atomic mass is 9.81. The number of nitro benzene ring substituents is 1. The van der Waals surface area contributed by atoms with Gasteiger partial charge < -0.3 is 10.6 Å². The van der Waals surface area contributed by atoms with E-state index >= 15 is 0 Å². The van der Waals surface area contributed by atoms with Crippen LogP contribution >= 0.6 is 0 Å². The van der Waals surface area contributed by atoms with Crippen molar-refractivity contribution in [3.63, 3.8) is 0 Å². The first-order chi connectivity index (χ1) is 10.4. The first-order valence-corrected chi connectivity index (χ1v) is 7.71. The maximum absolute atomic E-state index is 12.3. The summed E-state index contributed by atoms with van der Waals surface area (Å²) in [5.41, 5.74) is 1.10. The van der Waals surface area contributed by atoms with Crippen LogP contribution in [0.1, 0.15) is 42.6 Å². The van der Waals surface area contributed by atoms with Gasteiger partial charge in [0.25, 0.3) is 11.6 Å². The van der Waals surface area contributed by atoms with Crippen molar-refractivity contribution in [2.75, 3.05) is 19.6 Å². The third kappa shape index (κ3) is 3.82. The molecule has 0 aliphatic carbocycles. The van der Waals surface area contributed by atoms with Crippen LogP contribution in [0.25, 0.3) is 0 Å². The molecule has 1 aliphatic heterocycles. The van der Waals surface area contributed by atoms with Crippen molar-refractivity contribution in [1.82, 2.24) is 10.6 Å². The Morgan fingerprint density at radius 3 is 2.68 bits per heavy atom. The van der Waals surface area contributed by atoms with Crippen molar-refractivity contribution in [2.45, 2.75) is 33.1 Å². The largest absolute Gasteiger partial charge is 0.351 e. The number of carbonyl (C=O) groups is 1. The highest BCUT2D eigenvalue weighted by Crippen LogP contribution is 2.27. The molecule has 1 aromatic rings. The number of rotatable bonds is 5. The molecule has 0 aromatic heterocycles. The summed E-state index contributed by atoms with van der Waals surface area (Å²) in [5, 5.41) is 17.3. The maximum Gasteiger partial charge on any atom is 0.273 e. The summed E-state index contributed by atoms with van der Waals surface area (Å²) < 4.78 is 0. The zero-order valence-electron chi connectivity index (χ0n) is 13.1. The van der Waals surface area contributed by atoms with E-state index < -0.39 is 4.92 Å². The normalized spacial score (nSPS) is 17.0.